The highest BCUT2D eigenvalue weighted by atomic mass is 19.1. The monoisotopic (exact) mass is 495 g/mol. The van der Waals surface area contributed by atoms with Crippen LogP contribution in [0.4, 0.5) is 4.39 Å². The maximum Gasteiger partial charge on any atom is 0.274 e. The van der Waals surface area contributed by atoms with E-state index in [1.807, 2.05) is 0 Å². The molecule has 2 aliphatic carbocycles. The van der Waals surface area contributed by atoms with Gasteiger partial charge in [0, 0.05) is 18.6 Å². The van der Waals surface area contributed by atoms with Crippen molar-refractivity contribution in [3.8, 4) is 0 Å². The number of benzene rings is 1. The predicted octanol–water partition coefficient (Wildman–Crippen LogP) is 3.56. The molecule has 2 aromatic rings. The fourth-order valence-corrected chi connectivity index (χ4v) is 5.55. The summed E-state index contributed by atoms with van der Waals surface area (Å²) in [7, 11) is 0. The molecule has 1 aliphatic heterocycles. The normalized spacial score (nSPS) is 22.9. The summed E-state index contributed by atoms with van der Waals surface area (Å²) in [6.07, 6.45) is 10.8. The van der Waals surface area contributed by atoms with E-state index in [2.05, 4.69) is 15.6 Å². The van der Waals surface area contributed by atoms with Crippen molar-refractivity contribution in [2.45, 2.75) is 95.4 Å². The third kappa shape index (κ3) is 4.88. The molecule has 3 amide bonds. The van der Waals surface area contributed by atoms with Gasteiger partial charge in [0.15, 0.2) is 5.69 Å². The van der Waals surface area contributed by atoms with Gasteiger partial charge in [-0.15, -0.1) is 0 Å². The summed E-state index contributed by atoms with van der Waals surface area (Å²) in [5, 5.41) is 6.03. The van der Waals surface area contributed by atoms with Gasteiger partial charge < -0.3 is 20.1 Å². The number of amides is 3. The maximum atomic E-state index is 13.8. The summed E-state index contributed by atoms with van der Waals surface area (Å²) >= 11 is 0. The molecule has 2 fully saturated rings. The number of nitrogens with zero attached hydrogens (tertiary/aromatic N) is 3. The number of rotatable bonds is 6. The Morgan fingerprint density at radius 3 is 2.39 bits per heavy atom. The lowest BCUT2D eigenvalue weighted by Crippen LogP contribution is -2.64. The van der Waals surface area contributed by atoms with Crippen LogP contribution in [0, 0.1) is 5.82 Å². The Morgan fingerprint density at radius 1 is 1.06 bits per heavy atom. The van der Waals surface area contributed by atoms with E-state index >= 15 is 0 Å². The van der Waals surface area contributed by atoms with Crippen molar-refractivity contribution >= 4 is 17.7 Å². The number of carbonyl (C=O) groups excluding carboxylic acids is 3. The second-order valence-corrected chi connectivity index (χ2v) is 10.6. The van der Waals surface area contributed by atoms with Crippen molar-refractivity contribution in [1.82, 2.24) is 25.1 Å². The molecule has 5 rings (SSSR count). The minimum atomic E-state index is -1.13. The van der Waals surface area contributed by atoms with Gasteiger partial charge in [-0.25, -0.2) is 9.37 Å². The van der Waals surface area contributed by atoms with Gasteiger partial charge in [-0.3, -0.25) is 14.4 Å². The number of imidazole rings is 1. The number of aromatic nitrogens is 2. The van der Waals surface area contributed by atoms with Gasteiger partial charge in [0.25, 0.3) is 11.8 Å². The van der Waals surface area contributed by atoms with Crippen molar-refractivity contribution in [3.63, 3.8) is 0 Å². The van der Waals surface area contributed by atoms with Crippen molar-refractivity contribution < 1.29 is 18.8 Å². The molecule has 2 heterocycles. The van der Waals surface area contributed by atoms with E-state index in [4.69, 9.17) is 0 Å². The average molecular weight is 496 g/mol. The summed E-state index contributed by atoms with van der Waals surface area (Å²) < 4.78 is 14.9. The molecule has 2 saturated carbocycles. The fourth-order valence-electron chi connectivity index (χ4n) is 5.55. The van der Waals surface area contributed by atoms with Crippen LogP contribution < -0.4 is 10.6 Å². The van der Waals surface area contributed by atoms with Gasteiger partial charge in [-0.2, -0.15) is 0 Å². The van der Waals surface area contributed by atoms with E-state index in [-0.39, 0.29) is 60.1 Å². The largest absolute Gasteiger partial charge is 0.350 e. The zero-order valence-corrected chi connectivity index (χ0v) is 20.8. The number of halogens is 1. The van der Waals surface area contributed by atoms with Gasteiger partial charge in [0.1, 0.15) is 17.1 Å². The third-order valence-electron chi connectivity index (χ3n) is 7.69. The lowest BCUT2D eigenvalue weighted by Gasteiger charge is -2.44. The summed E-state index contributed by atoms with van der Waals surface area (Å²) in [6.45, 7) is 2.21. The summed E-state index contributed by atoms with van der Waals surface area (Å²) in [4.78, 5) is 46.4. The molecule has 9 heteroatoms. The van der Waals surface area contributed by atoms with E-state index in [1.54, 1.807) is 28.5 Å². The molecule has 2 N–H and O–H groups in total. The smallest absolute Gasteiger partial charge is 0.274 e. The van der Waals surface area contributed by atoms with Crippen molar-refractivity contribution in [2.24, 2.45) is 0 Å². The Hall–Kier alpha value is -3.23. The topological polar surface area (TPSA) is 96.3 Å². The standard InChI is InChI=1S/C27H34FN5O3/c1-27(26(36)29-15-18-9-11-19(28)12-10-18)16-32-17-30-22(23(32)25(35)33(27)21-13-14-21)24(34)31-20-7-5-3-2-4-6-8-20/h9-12,17,20-21H,2-8,13-16H2,1H3,(H,29,36)(H,31,34)/t27-/m0/s1. The molecule has 1 aromatic carbocycles. The van der Waals surface area contributed by atoms with Gasteiger partial charge in [0.05, 0.1) is 12.9 Å². The highest BCUT2D eigenvalue weighted by molar-refractivity contribution is 6.07. The number of hydrogen-bond donors (Lipinski definition) is 2. The first-order valence-corrected chi connectivity index (χ1v) is 13.1. The third-order valence-corrected chi connectivity index (χ3v) is 7.69. The lowest BCUT2D eigenvalue weighted by molar-refractivity contribution is -0.133. The van der Waals surface area contributed by atoms with Crippen LogP contribution in [0.2, 0.25) is 0 Å². The molecular formula is C27H34FN5O3. The second-order valence-electron chi connectivity index (χ2n) is 10.6. The van der Waals surface area contributed by atoms with E-state index in [1.165, 1.54) is 37.7 Å². The van der Waals surface area contributed by atoms with E-state index in [0.717, 1.165) is 44.1 Å². The minimum absolute atomic E-state index is 0.0377. The molecule has 3 aliphatic rings. The minimum Gasteiger partial charge on any atom is -0.350 e. The van der Waals surface area contributed by atoms with Crippen molar-refractivity contribution in [2.75, 3.05) is 0 Å². The molecular weight excluding hydrogens is 461 g/mol. The summed E-state index contributed by atoms with van der Waals surface area (Å²) in [6, 6.07) is 6.00. The SMILES string of the molecule is C[C@@]1(C(=O)NCc2ccc(F)cc2)Cn2cnc(C(=O)NC3CCCCCCC3)c2C(=O)N1C1CC1. The zero-order valence-electron chi connectivity index (χ0n) is 20.8. The van der Waals surface area contributed by atoms with E-state index in [0.29, 0.717) is 0 Å². The second kappa shape index (κ2) is 10.0. The van der Waals surface area contributed by atoms with Crippen LogP contribution in [0.3, 0.4) is 0 Å². The fraction of sp³-hybridized carbons (Fsp3) is 0.556. The number of carbonyl (C=O) groups is 3. The number of fused-ring (bicyclic) bond motifs is 1. The highest BCUT2D eigenvalue weighted by Crippen LogP contribution is 2.39. The quantitative estimate of drug-likeness (QED) is 0.641. The number of nitrogens with one attached hydrogen (secondary N) is 2. The van der Waals surface area contributed by atoms with Crippen LogP contribution in [0.25, 0.3) is 0 Å². The van der Waals surface area contributed by atoms with Crippen LogP contribution in [0.5, 0.6) is 0 Å². The molecule has 0 unspecified atom stereocenters. The molecule has 0 spiro atoms. The van der Waals surface area contributed by atoms with Crippen molar-refractivity contribution in [1.29, 1.82) is 0 Å². The highest BCUT2D eigenvalue weighted by Gasteiger charge is 2.53. The lowest BCUT2D eigenvalue weighted by atomic mass is 9.93. The summed E-state index contributed by atoms with van der Waals surface area (Å²) in [5.74, 6) is -1.27. The first-order valence-electron chi connectivity index (χ1n) is 13.1. The number of hydrogen-bond acceptors (Lipinski definition) is 4. The summed E-state index contributed by atoms with van der Waals surface area (Å²) in [5.41, 5.74) is 0.0414. The van der Waals surface area contributed by atoms with Crippen LogP contribution in [-0.2, 0) is 17.9 Å². The molecule has 8 nitrogen and oxygen atoms in total. The van der Waals surface area contributed by atoms with Crippen LogP contribution >= 0.6 is 0 Å². The Bertz CT molecular complexity index is 1130. The van der Waals surface area contributed by atoms with E-state index < -0.39 is 5.54 Å². The van der Waals surface area contributed by atoms with Crippen LogP contribution in [0.15, 0.2) is 30.6 Å². The van der Waals surface area contributed by atoms with Gasteiger partial charge >= 0.3 is 0 Å². The zero-order chi connectivity index (χ0) is 25.3. The Kier molecular flexibility index (Phi) is 6.81. The van der Waals surface area contributed by atoms with Crippen molar-refractivity contribution in [3.05, 3.63) is 53.4 Å². The first kappa shape index (κ1) is 24.5. The molecule has 192 valence electrons. The predicted molar refractivity (Wildman–Crippen MR) is 132 cm³/mol. The Labute approximate surface area is 210 Å². The Balaban J connectivity index is 1.35. The van der Waals surface area contributed by atoms with Gasteiger partial charge in [-0.05, 0) is 50.3 Å². The average Bonchev–Trinajstić information content (AvgIpc) is 3.57. The molecule has 1 atom stereocenters. The van der Waals surface area contributed by atoms with Gasteiger partial charge in [0.2, 0.25) is 5.91 Å². The first-order chi connectivity index (χ1) is 17.4. The molecule has 0 saturated heterocycles. The maximum absolute atomic E-state index is 13.8. The molecule has 0 radical (unpaired) electrons. The Morgan fingerprint density at radius 2 is 1.72 bits per heavy atom. The van der Waals surface area contributed by atoms with Gasteiger partial charge in [-0.1, -0.05) is 44.2 Å². The van der Waals surface area contributed by atoms with E-state index in [9.17, 15) is 18.8 Å². The molecule has 36 heavy (non-hydrogen) atoms. The molecule has 0 bridgehead atoms. The molecule has 1 aromatic heterocycles. The van der Waals surface area contributed by atoms with Crippen LogP contribution in [-0.4, -0.2) is 49.8 Å². The van der Waals surface area contributed by atoms with Crippen LogP contribution in [0.1, 0.15) is 91.3 Å².